The first-order valence-electron chi connectivity index (χ1n) is 6.70. The zero-order valence-electron chi connectivity index (χ0n) is 11.7. The second-order valence-corrected chi connectivity index (χ2v) is 4.65. The maximum Gasteiger partial charge on any atom is 0.223 e. The molecule has 1 amide bonds. The fourth-order valence-corrected chi connectivity index (χ4v) is 2.09. The molecule has 3 rings (SSSR count). The molecule has 3 heterocycles. The van der Waals surface area contributed by atoms with E-state index in [2.05, 4.69) is 19.9 Å². The molecule has 0 aliphatic carbocycles. The molecule has 6 heteroatoms. The molecule has 0 aliphatic rings. The minimum Gasteiger partial charge on any atom is -0.369 e. The number of aromatic nitrogens is 4. The zero-order chi connectivity index (χ0) is 15.4. The van der Waals surface area contributed by atoms with Crippen molar-refractivity contribution in [2.45, 2.75) is 6.42 Å². The Balaban J connectivity index is 2.15. The van der Waals surface area contributed by atoms with Crippen molar-refractivity contribution in [1.29, 1.82) is 0 Å². The van der Waals surface area contributed by atoms with Crippen LogP contribution in [0.25, 0.3) is 22.6 Å². The number of carbonyl (C=O) groups excluding carboxylic acids is 1. The van der Waals surface area contributed by atoms with E-state index >= 15 is 0 Å². The van der Waals surface area contributed by atoms with Crippen LogP contribution in [0.1, 0.15) is 5.69 Å². The van der Waals surface area contributed by atoms with E-state index in [-0.39, 0.29) is 6.42 Å². The normalized spacial score (nSPS) is 10.4. The Bertz CT molecular complexity index is 790. The van der Waals surface area contributed by atoms with E-state index in [1.165, 1.54) is 0 Å². The van der Waals surface area contributed by atoms with Gasteiger partial charge in [-0.2, -0.15) is 0 Å². The molecule has 2 N–H and O–H groups in total. The molecule has 3 aromatic rings. The van der Waals surface area contributed by atoms with Crippen LogP contribution in [0.5, 0.6) is 0 Å². The maximum atomic E-state index is 11.1. The summed E-state index contributed by atoms with van der Waals surface area (Å²) in [6.07, 6.45) is 6.68. The summed E-state index contributed by atoms with van der Waals surface area (Å²) in [7, 11) is 0. The van der Waals surface area contributed by atoms with Gasteiger partial charge >= 0.3 is 0 Å². The Morgan fingerprint density at radius 3 is 2.50 bits per heavy atom. The highest BCUT2D eigenvalue weighted by molar-refractivity contribution is 5.78. The quantitative estimate of drug-likeness (QED) is 0.788. The molecule has 108 valence electrons. The lowest BCUT2D eigenvalue weighted by molar-refractivity contribution is -0.117. The number of pyridine rings is 2. The third kappa shape index (κ3) is 2.95. The third-order valence-electron chi connectivity index (χ3n) is 3.04. The highest BCUT2D eigenvalue weighted by Crippen LogP contribution is 2.27. The first-order chi connectivity index (χ1) is 10.7. The summed E-state index contributed by atoms with van der Waals surface area (Å²) < 4.78 is 0. The molecule has 0 fully saturated rings. The molecule has 0 aliphatic heterocycles. The van der Waals surface area contributed by atoms with E-state index in [4.69, 9.17) is 5.73 Å². The van der Waals surface area contributed by atoms with Gasteiger partial charge in [0.2, 0.25) is 5.91 Å². The van der Waals surface area contributed by atoms with Crippen molar-refractivity contribution in [1.82, 2.24) is 19.9 Å². The lowest BCUT2D eigenvalue weighted by Crippen LogP contribution is -2.15. The molecule has 0 aromatic carbocycles. The van der Waals surface area contributed by atoms with Gasteiger partial charge in [0.25, 0.3) is 0 Å². The standard InChI is InChI=1S/C16H13N5O/c17-14(22)9-12-10-20-15(11-4-7-18-8-5-11)16(21-12)13-3-1-2-6-19-13/h1-8,10H,9H2,(H2,17,22). The average molecular weight is 291 g/mol. The summed E-state index contributed by atoms with van der Waals surface area (Å²) in [6, 6.07) is 9.26. The molecule has 0 saturated carbocycles. The SMILES string of the molecule is NC(=O)Cc1cnc(-c2ccncc2)c(-c2ccccn2)n1. The monoisotopic (exact) mass is 291 g/mol. The van der Waals surface area contributed by atoms with E-state index in [0.29, 0.717) is 22.8 Å². The Hall–Kier alpha value is -3.15. The van der Waals surface area contributed by atoms with Gasteiger partial charge in [-0.3, -0.25) is 19.7 Å². The van der Waals surface area contributed by atoms with E-state index < -0.39 is 5.91 Å². The van der Waals surface area contributed by atoms with Crippen LogP contribution in [0, 0.1) is 0 Å². The predicted octanol–water partition coefficient (Wildman–Crippen LogP) is 1.63. The van der Waals surface area contributed by atoms with Gasteiger partial charge in [-0.05, 0) is 24.3 Å². The number of hydrogen-bond acceptors (Lipinski definition) is 5. The Morgan fingerprint density at radius 2 is 1.82 bits per heavy atom. The van der Waals surface area contributed by atoms with Gasteiger partial charge in [0.05, 0.1) is 23.5 Å². The number of nitrogens with two attached hydrogens (primary N) is 1. The number of hydrogen-bond donors (Lipinski definition) is 1. The number of amides is 1. The Kier molecular flexibility index (Phi) is 3.82. The van der Waals surface area contributed by atoms with E-state index in [9.17, 15) is 4.79 Å². The Morgan fingerprint density at radius 1 is 1.00 bits per heavy atom. The van der Waals surface area contributed by atoms with Gasteiger partial charge in [-0.1, -0.05) is 6.07 Å². The third-order valence-corrected chi connectivity index (χ3v) is 3.04. The second-order valence-electron chi connectivity index (χ2n) is 4.65. The van der Waals surface area contributed by atoms with Crippen molar-refractivity contribution in [2.75, 3.05) is 0 Å². The molecular weight excluding hydrogens is 278 g/mol. The van der Waals surface area contributed by atoms with Crippen LogP contribution in [0.15, 0.2) is 55.1 Å². The first-order valence-corrected chi connectivity index (χ1v) is 6.70. The zero-order valence-corrected chi connectivity index (χ0v) is 11.7. The van der Waals surface area contributed by atoms with E-state index in [1.54, 1.807) is 24.8 Å². The summed E-state index contributed by atoms with van der Waals surface area (Å²) in [5.41, 5.74) is 8.63. The fraction of sp³-hybridized carbons (Fsp3) is 0.0625. The number of rotatable bonds is 4. The molecule has 0 radical (unpaired) electrons. The highest BCUT2D eigenvalue weighted by atomic mass is 16.1. The molecule has 0 unspecified atom stereocenters. The van der Waals surface area contributed by atoms with Crippen molar-refractivity contribution in [3.05, 3.63) is 60.8 Å². The van der Waals surface area contributed by atoms with Crippen LogP contribution in [-0.2, 0) is 11.2 Å². The largest absolute Gasteiger partial charge is 0.369 e. The Labute approximate surface area is 127 Å². The average Bonchev–Trinajstić information content (AvgIpc) is 2.56. The highest BCUT2D eigenvalue weighted by Gasteiger charge is 2.13. The van der Waals surface area contributed by atoms with Gasteiger partial charge in [-0.15, -0.1) is 0 Å². The number of primary amides is 1. The predicted molar refractivity (Wildman–Crippen MR) is 81.4 cm³/mol. The summed E-state index contributed by atoms with van der Waals surface area (Å²) in [5, 5.41) is 0. The van der Waals surface area contributed by atoms with Crippen LogP contribution >= 0.6 is 0 Å². The molecular formula is C16H13N5O. The topological polar surface area (TPSA) is 94.7 Å². The summed E-state index contributed by atoms with van der Waals surface area (Å²) in [5.74, 6) is -0.446. The van der Waals surface area contributed by atoms with Crippen molar-refractivity contribution < 1.29 is 4.79 Å². The van der Waals surface area contributed by atoms with Crippen LogP contribution in [0.3, 0.4) is 0 Å². The summed E-state index contributed by atoms with van der Waals surface area (Å²) in [4.78, 5) is 28.4. The van der Waals surface area contributed by atoms with Crippen molar-refractivity contribution in [3.8, 4) is 22.6 Å². The summed E-state index contributed by atoms with van der Waals surface area (Å²) >= 11 is 0. The van der Waals surface area contributed by atoms with E-state index in [0.717, 1.165) is 5.56 Å². The molecule has 6 nitrogen and oxygen atoms in total. The van der Waals surface area contributed by atoms with Crippen molar-refractivity contribution in [2.24, 2.45) is 5.73 Å². The summed E-state index contributed by atoms with van der Waals surface area (Å²) in [6.45, 7) is 0. The minimum absolute atomic E-state index is 0.0451. The molecule has 0 atom stereocenters. The first kappa shape index (κ1) is 13.8. The van der Waals surface area contributed by atoms with E-state index in [1.807, 2.05) is 30.3 Å². The number of carbonyl (C=O) groups is 1. The van der Waals surface area contributed by atoms with Gasteiger partial charge in [0.15, 0.2) is 0 Å². The van der Waals surface area contributed by atoms with Crippen LogP contribution in [-0.4, -0.2) is 25.8 Å². The molecule has 0 saturated heterocycles. The van der Waals surface area contributed by atoms with Crippen LogP contribution in [0.4, 0.5) is 0 Å². The maximum absolute atomic E-state index is 11.1. The molecule has 0 bridgehead atoms. The molecule has 22 heavy (non-hydrogen) atoms. The van der Waals surface area contributed by atoms with Crippen molar-refractivity contribution >= 4 is 5.91 Å². The van der Waals surface area contributed by atoms with Gasteiger partial charge < -0.3 is 5.73 Å². The van der Waals surface area contributed by atoms with Gasteiger partial charge in [0, 0.05) is 30.4 Å². The minimum atomic E-state index is -0.446. The molecule has 0 spiro atoms. The lowest BCUT2D eigenvalue weighted by Gasteiger charge is -2.09. The van der Waals surface area contributed by atoms with Crippen LogP contribution < -0.4 is 5.73 Å². The fourth-order valence-electron chi connectivity index (χ4n) is 2.09. The van der Waals surface area contributed by atoms with Gasteiger partial charge in [0.1, 0.15) is 5.69 Å². The molecule has 3 aromatic heterocycles. The second kappa shape index (κ2) is 6.09. The van der Waals surface area contributed by atoms with Crippen molar-refractivity contribution in [3.63, 3.8) is 0 Å². The smallest absolute Gasteiger partial charge is 0.223 e. The van der Waals surface area contributed by atoms with Gasteiger partial charge in [-0.25, -0.2) is 4.98 Å². The lowest BCUT2D eigenvalue weighted by atomic mass is 10.1. The number of nitrogens with zero attached hydrogens (tertiary/aromatic N) is 4. The van der Waals surface area contributed by atoms with Crippen LogP contribution in [0.2, 0.25) is 0 Å².